The van der Waals surface area contributed by atoms with Gasteiger partial charge in [0.2, 0.25) is 0 Å². The number of aliphatic hydroxyl groups is 1. The second-order valence-electron chi connectivity index (χ2n) is 6.24. The van der Waals surface area contributed by atoms with Gasteiger partial charge >= 0.3 is 5.97 Å². The van der Waals surface area contributed by atoms with Crippen LogP contribution in [-0.2, 0) is 4.79 Å². The highest BCUT2D eigenvalue weighted by atomic mass is 16.4. The molecule has 0 aliphatic carbocycles. The van der Waals surface area contributed by atoms with Crippen LogP contribution >= 0.6 is 0 Å². The number of piperidine rings is 1. The molecule has 0 radical (unpaired) electrons. The Bertz CT molecular complexity index is 526. The van der Waals surface area contributed by atoms with Crippen LogP contribution < -0.4 is 10.2 Å². The molecule has 0 spiro atoms. The Balaban J connectivity index is 2.11. The van der Waals surface area contributed by atoms with Crippen LogP contribution in [0.5, 0.6) is 0 Å². The zero-order valence-corrected chi connectivity index (χ0v) is 13.8. The molecule has 0 bridgehead atoms. The highest BCUT2D eigenvalue weighted by Gasteiger charge is 2.25. The summed E-state index contributed by atoms with van der Waals surface area (Å²) < 4.78 is 0. The van der Waals surface area contributed by atoms with Crippen molar-refractivity contribution in [1.29, 1.82) is 0 Å². The molecule has 3 atom stereocenters. The maximum Gasteiger partial charge on any atom is 0.326 e. The van der Waals surface area contributed by atoms with Crippen LogP contribution in [0.4, 0.5) is 11.6 Å². The summed E-state index contributed by atoms with van der Waals surface area (Å²) in [5.41, 5.74) is 0. The number of carbonyl (C=O) groups is 1. The summed E-state index contributed by atoms with van der Waals surface area (Å²) in [5, 5.41) is 21.7. The number of carboxylic acid groups (broad SMARTS) is 1. The lowest BCUT2D eigenvalue weighted by Gasteiger charge is -2.32. The standard InChI is InChI=1S/C16H26N4O3/c1-3-11(2)15(16(22)23)19-13-7-14(18-10-17-13)20-6-4-5-12(8-20)9-21/h7,10-12,15,21H,3-6,8-9H2,1-2H3,(H,22,23)(H,17,18,19)/t11-,12?,15-/m0/s1. The number of rotatable bonds is 7. The van der Waals surface area contributed by atoms with Crippen molar-refractivity contribution in [2.75, 3.05) is 29.9 Å². The van der Waals surface area contributed by atoms with E-state index < -0.39 is 12.0 Å². The molecule has 1 saturated heterocycles. The molecule has 1 aliphatic heterocycles. The number of aliphatic carboxylic acids is 1. The topological polar surface area (TPSA) is 98.6 Å². The summed E-state index contributed by atoms with van der Waals surface area (Å²) in [6.45, 7) is 5.71. The third-order valence-corrected chi connectivity index (χ3v) is 4.54. The summed E-state index contributed by atoms with van der Waals surface area (Å²) in [5.74, 6) is 0.683. The van der Waals surface area contributed by atoms with E-state index in [9.17, 15) is 15.0 Å². The van der Waals surface area contributed by atoms with E-state index in [1.807, 2.05) is 13.8 Å². The summed E-state index contributed by atoms with van der Waals surface area (Å²) in [6.07, 6.45) is 4.27. The largest absolute Gasteiger partial charge is 0.480 e. The van der Waals surface area contributed by atoms with Crippen molar-refractivity contribution in [2.45, 2.75) is 39.2 Å². The zero-order chi connectivity index (χ0) is 16.8. The lowest BCUT2D eigenvalue weighted by Crippen LogP contribution is -2.38. The SMILES string of the molecule is CC[C@H](C)[C@H](Nc1cc(N2CCCC(CO)C2)ncn1)C(=O)O. The first-order chi connectivity index (χ1) is 11.0. The van der Waals surface area contributed by atoms with Crippen LogP contribution in [0.15, 0.2) is 12.4 Å². The molecule has 1 aromatic rings. The summed E-state index contributed by atoms with van der Waals surface area (Å²) in [6, 6.07) is 1.12. The molecule has 1 unspecified atom stereocenters. The van der Waals surface area contributed by atoms with Gasteiger partial charge in [0.15, 0.2) is 0 Å². The molecule has 1 aromatic heterocycles. The van der Waals surface area contributed by atoms with E-state index in [4.69, 9.17) is 0 Å². The van der Waals surface area contributed by atoms with Gasteiger partial charge < -0.3 is 20.4 Å². The number of carboxylic acids is 1. The minimum atomic E-state index is -0.877. The fourth-order valence-corrected chi connectivity index (χ4v) is 2.86. The van der Waals surface area contributed by atoms with Gasteiger partial charge in [-0.1, -0.05) is 20.3 Å². The molecule has 1 aliphatic rings. The smallest absolute Gasteiger partial charge is 0.326 e. The second-order valence-corrected chi connectivity index (χ2v) is 6.24. The summed E-state index contributed by atoms with van der Waals surface area (Å²) in [4.78, 5) is 22.0. The number of aromatic nitrogens is 2. The van der Waals surface area contributed by atoms with Crippen LogP contribution in [-0.4, -0.2) is 51.9 Å². The molecule has 128 valence electrons. The Labute approximate surface area is 136 Å². The number of nitrogens with zero attached hydrogens (tertiary/aromatic N) is 3. The number of nitrogens with one attached hydrogen (secondary N) is 1. The lowest BCUT2D eigenvalue weighted by molar-refractivity contribution is -0.139. The molecule has 0 aromatic carbocycles. The van der Waals surface area contributed by atoms with Gasteiger partial charge in [-0.2, -0.15) is 0 Å². The van der Waals surface area contributed by atoms with Crippen molar-refractivity contribution >= 4 is 17.6 Å². The van der Waals surface area contributed by atoms with Crippen LogP contribution in [0, 0.1) is 11.8 Å². The van der Waals surface area contributed by atoms with Crippen molar-refractivity contribution in [1.82, 2.24) is 9.97 Å². The number of hydrogen-bond donors (Lipinski definition) is 3. The van der Waals surface area contributed by atoms with Gasteiger partial charge in [-0.3, -0.25) is 0 Å². The van der Waals surface area contributed by atoms with Gasteiger partial charge in [-0.15, -0.1) is 0 Å². The first-order valence-electron chi connectivity index (χ1n) is 8.22. The van der Waals surface area contributed by atoms with Gasteiger partial charge in [0.1, 0.15) is 24.0 Å². The number of hydrogen-bond acceptors (Lipinski definition) is 6. The first-order valence-corrected chi connectivity index (χ1v) is 8.22. The fraction of sp³-hybridized carbons (Fsp3) is 0.688. The molecular weight excluding hydrogens is 296 g/mol. The zero-order valence-electron chi connectivity index (χ0n) is 13.8. The maximum atomic E-state index is 11.4. The minimum absolute atomic E-state index is 0.000304. The molecule has 7 heteroatoms. The van der Waals surface area contributed by atoms with Crippen molar-refractivity contribution in [3.8, 4) is 0 Å². The third kappa shape index (κ3) is 4.54. The molecule has 3 N–H and O–H groups in total. The van der Waals surface area contributed by atoms with Gasteiger partial charge in [-0.05, 0) is 24.7 Å². The average molecular weight is 322 g/mol. The quantitative estimate of drug-likeness (QED) is 0.701. The summed E-state index contributed by atoms with van der Waals surface area (Å²) >= 11 is 0. The molecule has 2 heterocycles. The van der Waals surface area contributed by atoms with Crippen molar-refractivity contribution in [2.24, 2.45) is 11.8 Å². The second kappa shape index (κ2) is 8.10. The van der Waals surface area contributed by atoms with Gasteiger partial charge in [0, 0.05) is 25.8 Å². The van der Waals surface area contributed by atoms with Crippen molar-refractivity contribution in [3.63, 3.8) is 0 Å². The Kier molecular flexibility index (Phi) is 6.15. The van der Waals surface area contributed by atoms with E-state index in [-0.39, 0.29) is 18.4 Å². The molecule has 2 rings (SSSR count). The van der Waals surface area contributed by atoms with E-state index in [0.29, 0.717) is 5.82 Å². The Morgan fingerprint density at radius 1 is 1.52 bits per heavy atom. The van der Waals surface area contributed by atoms with E-state index >= 15 is 0 Å². The highest BCUT2D eigenvalue weighted by molar-refractivity contribution is 5.77. The number of anilines is 2. The highest BCUT2D eigenvalue weighted by Crippen LogP contribution is 2.23. The Morgan fingerprint density at radius 3 is 2.96 bits per heavy atom. The predicted octanol–water partition coefficient (Wildman–Crippen LogP) is 1.60. The molecule has 0 amide bonds. The first kappa shape index (κ1) is 17.5. The fourth-order valence-electron chi connectivity index (χ4n) is 2.86. The average Bonchev–Trinajstić information content (AvgIpc) is 2.59. The van der Waals surface area contributed by atoms with E-state index in [2.05, 4.69) is 20.2 Å². The summed E-state index contributed by atoms with van der Waals surface area (Å²) in [7, 11) is 0. The molecule has 1 fully saturated rings. The lowest BCUT2D eigenvalue weighted by atomic mass is 9.99. The Morgan fingerprint density at radius 2 is 2.30 bits per heavy atom. The van der Waals surface area contributed by atoms with E-state index in [1.165, 1.54) is 6.33 Å². The van der Waals surface area contributed by atoms with Crippen LogP contribution in [0.2, 0.25) is 0 Å². The molecule has 7 nitrogen and oxygen atoms in total. The van der Waals surface area contributed by atoms with Gasteiger partial charge in [0.05, 0.1) is 0 Å². The molecule has 0 saturated carbocycles. The Hall–Kier alpha value is -1.89. The monoisotopic (exact) mass is 322 g/mol. The predicted molar refractivity (Wildman–Crippen MR) is 88.6 cm³/mol. The van der Waals surface area contributed by atoms with Crippen molar-refractivity contribution in [3.05, 3.63) is 12.4 Å². The van der Waals surface area contributed by atoms with Gasteiger partial charge in [-0.25, -0.2) is 14.8 Å². The van der Waals surface area contributed by atoms with E-state index in [0.717, 1.165) is 38.2 Å². The van der Waals surface area contributed by atoms with Crippen LogP contribution in [0.3, 0.4) is 0 Å². The van der Waals surface area contributed by atoms with Gasteiger partial charge in [0.25, 0.3) is 0 Å². The normalized spacial score (nSPS) is 20.8. The van der Waals surface area contributed by atoms with E-state index in [1.54, 1.807) is 6.07 Å². The molecular formula is C16H26N4O3. The number of aliphatic hydroxyl groups excluding tert-OH is 1. The third-order valence-electron chi connectivity index (χ3n) is 4.54. The van der Waals surface area contributed by atoms with Crippen LogP contribution in [0.1, 0.15) is 33.1 Å². The van der Waals surface area contributed by atoms with Crippen molar-refractivity contribution < 1.29 is 15.0 Å². The van der Waals surface area contributed by atoms with Crippen LogP contribution in [0.25, 0.3) is 0 Å². The molecule has 23 heavy (non-hydrogen) atoms. The maximum absolute atomic E-state index is 11.4. The minimum Gasteiger partial charge on any atom is -0.480 e.